The van der Waals surface area contributed by atoms with Crippen molar-refractivity contribution in [2.45, 2.75) is 33.6 Å². The lowest BCUT2D eigenvalue weighted by atomic mass is 9.92. The van der Waals surface area contributed by atoms with E-state index < -0.39 is 5.41 Å². The standard InChI is InChI=1S/C20H30N4O2S.HI/c1-4-21-18(25)20(2,3)15-24-19(22-11-9-16-7-5-13-26-16)23-12-10-17-8-6-14-27-17;/h5-8,13-14H,4,9-12,15H2,1-3H3,(H,21,25)(H2,22,23,24);1H. The molecule has 0 saturated carbocycles. The van der Waals surface area contributed by atoms with E-state index >= 15 is 0 Å². The third kappa shape index (κ3) is 8.64. The maximum Gasteiger partial charge on any atom is 0.227 e. The van der Waals surface area contributed by atoms with E-state index in [4.69, 9.17) is 4.42 Å². The van der Waals surface area contributed by atoms with Gasteiger partial charge in [-0.1, -0.05) is 6.07 Å². The highest BCUT2D eigenvalue weighted by atomic mass is 127. The fourth-order valence-corrected chi connectivity index (χ4v) is 3.15. The summed E-state index contributed by atoms with van der Waals surface area (Å²) in [5, 5.41) is 11.7. The molecule has 0 aromatic carbocycles. The molecule has 2 aromatic heterocycles. The summed E-state index contributed by atoms with van der Waals surface area (Å²) in [6.07, 6.45) is 3.40. The number of hydrogen-bond acceptors (Lipinski definition) is 4. The van der Waals surface area contributed by atoms with Crippen molar-refractivity contribution in [2.24, 2.45) is 10.4 Å². The van der Waals surface area contributed by atoms with Crippen LogP contribution in [0.25, 0.3) is 0 Å². The molecule has 1 amide bonds. The lowest BCUT2D eigenvalue weighted by Gasteiger charge is -2.22. The first-order valence-electron chi connectivity index (χ1n) is 9.36. The summed E-state index contributed by atoms with van der Waals surface area (Å²) in [5.41, 5.74) is -0.556. The number of halogens is 1. The van der Waals surface area contributed by atoms with Gasteiger partial charge in [0.05, 0.1) is 18.2 Å². The number of rotatable bonds is 10. The number of thiophene rings is 1. The third-order valence-corrected chi connectivity index (χ3v) is 5.01. The number of aliphatic imine (C=N–C) groups is 1. The van der Waals surface area contributed by atoms with E-state index in [-0.39, 0.29) is 29.9 Å². The van der Waals surface area contributed by atoms with Gasteiger partial charge in [0, 0.05) is 30.9 Å². The van der Waals surface area contributed by atoms with Crippen LogP contribution in [0.3, 0.4) is 0 Å². The monoisotopic (exact) mass is 518 g/mol. The lowest BCUT2D eigenvalue weighted by molar-refractivity contribution is -0.128. The lowest BCUT2D eigenvalue weighted by Crippen LogP contribution is -2.42. The molecule has 0 fully saturated rings. The number of nitrogens with one attached hydrogen (secondary N) is 3. The van der Waals surface area contributed by atoms with Crippen molar-refractivity contribution in [3.05, 3.63) is 46.5 Å². The van der Waals surface area contributed by atoms with Crippen LogP contribution in [0.4, 0.5) is 0 Å². The molecule has 6 nitrogen and oxygen atoms in total. The molecule has 2 heterocycles. The number of furan rings is 1. The summed E-state index contributed by atoms with van der Waals surface area (Å²) in [6.45, 7) is 8.27. The minimum atomic E-state index is -0.556. The molecule has 156 valence electrons. The van der Waals surface area contributed by atoms with E-state index in [1.165, 1.54) is 4.88 Å². The smallest absolute Gasteiger partial charge is 0.227 e. The normalized spacial score (nSPS) is 11.6. The number of guanidine groups is 1. The fraction of sp³-hybridized carbons (Fsp3) is 0.500. The first kappa shape index (κ1) is 24.5. The summed E-state index contributed by atoms with van der Waals surface area (Å²) in [6, 6.07) is 8.04. The summed E-state index contributed by atoms with van der Waals surface area (Å²) in [5.74, 6) is 1.67. The Labute approximate surface area is 188 Å². The quantitative estimate of drug-likeness (QED) is 0.256. The second-order valence-corrected chi connectivity index (χ2v) is 7.95. The van der Waals surface area contributed by atoms with E-state index in [0.717, 1.165) is 31.1 Å². The van der Waals surface area contributed by atoms with Crippen molar-refractivity contribution in [2.75, 3.05) is 26.2 Å². The van der Waals surface area contributed by atoms with E-state index in [0.29, 0.717) is 19.6 Å². The maximum atomic E-state index is 12.2. The van der Waals surface area contributed by atoms with Gasteiger partial charge < -0.3 is 20.4 Å². The number of nitrogens with zero attached hydrogens (tertiary/aromatic N) is 1. The molecule has 0 bridgehead atoms. The van der Waals surface area contributed by atoms with Crippen LogP contribution in [0, 0.1) is 5.41 Å². The van der Waals surface area contributed by atoms with E-state index in [1.807, 2.05) is 32.9 Å². The Balaban J connectivity index is 0.00000392. The van der Waals surface area contributed by atoms with E-state index in [1.54, 1.807) is 17.6 Å². The number of hydrogen-bond donors (Lipinski definition) is 3. The Morgan fingerprint density at radius 1 is 1.14 bits per heavy atom. The molecular formula is C20H31IN4O2S. The third-order valence-electron chi connectivity index (χ3n) is 4.07. The predicted molar refractivity (Wildman–Crippen MR) is 127 cm³/mol. The van der Waals surface area contributed by atoms with Gasteiger partial charge in [0.25, 0.3) is 0 Å². The molecular weight excluding hydrogens is 487 g/mol. The van der Waals surface area contributed by atoms with Gasteiger partial charge in [0.15, 0.2) is 5.96 Å². The van der Waals surface area contributed by atoms with E-state index in [2.05, 4.69) is 38.5 Å². The summed E-state index contributed by atoms with van der Waals surface area (Å²) >= 11 is 1.75. The molecule has 0 saturated heterocycles. The first-order chi connectivity index (χ1) is 13.0. The Morgan fingerprint density at radius 2 is 1.89 bits per heavy atom. The average Bonchev–Trinajstić information content (AvgIpc) is 3.33. The molecule has 3 N–H and O–H groups in total. The van der Waals surface area contributed by atoms with Crippen molar-refractivity contribution in [1.29, 1.82) is 0 Å². The molecule has 0 aliphatic rings. The van der Waals surface area contributed by atoms with Crippen LogP contribution in [0.5, 0.6) is 0 Å². The highest BCUT2D eigenvalue weighted by Gasteiger charge is 2.26. The second kappa shape index (κ2) is 12.8. The highest BCUT2D eigenvalue weighted by molar-refractivity contribution is 14.0. The first-order valence-corrected chi connectivity index (χ1v) is 10.2. The number of carbonyl (C=O) groups is 1. The minimum Gasteiger partial charge on any atom is -0.469 e. The van der Waals surface area contributed by atoms with Crippen molar-refractivity contribution >= 4 is 47.2 Å². The molecule has 0 aliphatic carbocycles. The summed E-state index contributed by atoms with van der Waals surface area (Å²) < 4.78 is 5.37. The minimum absolute atomic E-state index is 0. The number of carbonyl (C=O) groups excluding carboxylic acids is 1. The van der Waals surface area contributed by atoms with Gasteiger partial charge in [-0.3, -0.25) is 9.79 Å². The maximum absolute atomic E-state index is 12.2. The van der Waals surface area contributed by atoms with Gasteiger partial charge in [-0.2, -0.15) is 0 Å². The van der Waals surface area contributed by atoms with Crippen LogP contribution < -0.4 is 16.0 Å². The van der Waals surface area contributed by atoms with Crippen LogP contribution in [0.1, 0.15) is 31.4 Å². The van der Waals surface area contributed by atoms with Gasteiger partial charge >= 0.3 is 0 Å². The van der Waals surface area contributed by atoms with Gasteiger partial charge in [0.2, 0.25) is 5.91 Å². The Bertz CT molecular complexity index is 658. The molecule has 0 radical (unpaired) electrons. The van der Waals surface area contributed by atoms with E-state index in [9.17, 15) is 4.79 Å². The van der Waals surface area contributed by atoms with Crippen LogP contribution in [-0.2, 0) is 17.6 Å². The Morgan fingerprint density at radius 3 is 2.50 bits per heavy atom. The fourth-order valence-electron chi connectivity index (χ4n) is 2.44. The zero-order valence-electron chi connectivity index (χ0n) is 16.8. The van der Waals surface area contributed by atoms with Gasteiger partial charge in [-0.25, -0.2) is 0 Å². The molecule has 28 heavy (non-hydrogen) atoms. The van der Waals surface area contributed by atoms with Gasteiger partial charge in [-0.15, -0.1) is 35.3 Å². The van der Waals surface area contributed by atoms with Gasteiger partial charge in [0.1, 0.15) is 5.76 Å². The van der Waals surface area contributed by atoms with Crippen LogP contribution in [0.2, 0.25) is 0 Å². The Kier molecular flexibility index (Phi) is 11.2. The summed E-state index contributed by atoms with van der Waals surface area (Å²) in [7, 11) is 0. The largest absolute Gasteiger partial charge is 0.469 e. The average molecular weight is 518 g/mol. The highest BCUT2D eigenvalue weighted by Crippen LogP contribution is 2.15. The zero-order chi connectivity index (χ0) is 19.5. The second-order valence-electron chi connectivity index (χ2n) is 6.92. The molecule has 2 aromatic rings. The number of amides is 1. The Hall–Kier alpha value is -1.55. The van der Waals surface area contributed by atoms with Gasteiger partial charge in [-0.05, 0) is 50.8 Å². The van der Waals surface area contributed by atoms with Crippen LogP contribution >= 0.6 is 35.3 Å². The SMILES string of the molecule is CCNC(=O)C(C)(C)CN=C(NCCc1ccco1)NCCc1cccs1.I. The molecule has 0 aliphatic heterocycles. The molecule has 0 spiro atoms. The predicted octanol–water partition coefficient (Wildman–Crippen LogP) is 3.44. The summed E-state index contributed by atoms with van der Waals surface area (Å²) in [4.78, 5) is 18.2. The zero-order valence-corrected chi connectivity index (χ0v) is 19.9. The van der Waals surface area contributed by atoms with Crippen molar-refractivity contribution in [3.63, 3.8) is 0 Å². The van der Waals surface area contributed by atoms with Crippen LogP contribution in [-0.4, -0.2) is 38.0 Å². The molecule has 0 atom stereocenters. The van der Waals surface area contributed by atoms with Crippen molar-refractivity contribution in [3.8, 4) is 0 Å². The van der Waals surface area contributed by atoms with Crippen molar-refractivity contribution in [1.82, 2.24) is 16.0 Å². The van der Waals surface area contributed by atoms with Crippen LogP contribution in [0.15, 0.2) is 45.3 Å². The molecule has 2 rings (SSSR count). The molecule has 0 unspecified atom stereocenters. The molecule has 8 heteroatoms. The van der Waals surface area contributed by atoms with Crippen molar-refractivity contribution < 1.29 is 9.21 Å². The topological polar surface area (TPSA) is 78.7 Å².